The number of nitrogen functional groups attached to an aromatic ring is 1. The first-order valence-electron chi connectivity index (χ1n) is 5.56. The first kappa shape index (κ1) is 12.3. The molecule has 1 aliphatic heterocycles. The topological polar surface area (TPSA) is 112 Å². The van der Waals surface area contributed by atoms with Crippen molar-refractivity contribution in [2.45, 2.75) is 19.3 Å². The Kier molecular flexibility index (Phi) is 3.30. The molecule has 0 bridgehead atoms. The Bertz CT molecular complexity index is 527. The van der Waals surface area contributed by atoms with Crippen molar-refractivity contribution in [3.8, 4) is 0 Å². The first-order valence-corrected chi connectivity index (χ1v) is 7.38. The van der Waals surface area contributed by atoms with Crippen LogP contribution in [-0.2, 0) is 29.1 Å². The van der Waals surface area contributed by atoms with Gasteiger partial charge in [0.25, 0.3) is 0 Å². The van der Waals surface area contributed by atoms with Crippen LogP contribution in [-0.4, -0.2) is 36.4 Å². The first-order chi connectivity index (χ1) is 8.02. The molecule has 0 unspecified atom stereocenters. The lowest BCUT2D eigenvalue weighted by Gasteiger charge is -2.09. The smallest absolute Gasteiger partial charge is 0.151 e. The monoisotopic (exact) mass is 256 g/mol. The van der Waals surface area contributed by atoms with E-state index in [9.17, 15) is 8.42 Å². The minimum atomic E-state index is -2.98. The molecule has 0 amide bonds. The third kappa shape index (κ3) is 2.73. The van der Waals surface area contributed by atoms with E-state index in [4.69, 9.17) is 11.5 Å². The van der Waals surface area contributed by atoms with Gasteiger partial charge in [-0.1, -0.05) is 0 Å². The van der Waals surface area contributed by atoms with Gasteiger partial charge < -0.3 is 11.5 Å². The van der Waals surface area contributed by atoms with Gasteiger partial charge in [0, 0.05) is 18.4 Å². The third-order valence-corrected chi connectivity index (χ3v) is 4.50. The van der Waals surface area contributed by atoms with Gasteiger partial charge >= 0.3 is 0 Å². The number of hydrogen-bond acceptors (Lipinski definition) is 6. The zero-order chi connectivity index (χ0) is 12.5. The summed E-state index contributed by atoms with van der Waals surface area (Å²) in [4.78, 5) is 8.51. The Balaban J connectivity index is 2.39. The summed E-state index contributed by atoms with van der Waals surface area (Å²) in [5.41, 5.74) is 12.8. The summed E-state index contributed by atoms with van der Waals surface area (Å²) in [6, 6.07) is 0. The summed E-state index contributed by atoms with van der Waals surface area (Å²) in [7, 11) is -2.98. The number of nitrogens with two attached hydrogens (primary N) is 2. The van der Waals surface area contributed by atoms with Gasteiger partial charge in [-0.2, -0.15) is 0 Å². The number of fused-ring (bicyclic) bond motifs is 1. The molecular formula is C10H16N4O2S. The highest BCUT2D eigenvalue weighted by molar-refractivity contribution is 7.91. The summed E-state index contributed by atoms with van der Waals surface area (Å²) in [6.07, 6.45) is 1.39. The largest absolute Gasteiger partial charge is 0.383 e. The molecule has 0 saturated carbocycles. The molecule has 0 radical (unpaired) electrons. The molecule has 7 heteroatoms. The van der Waals surface area contributed by atoms with Crippen LogP contribution in [0.4, 0.5) is 5.82 Å². The molecule has 0 saturated heterocycles. The number of nitrogens with zero attached hydrogens (tertiary/aromatic N) is 2. The quantitative estimate of drug-likeness (QED) is 0.707. The van der Waals surface area contributed by atoms with Gasteiger partial charge in [0.1, 0.15) is 11.6 Å². The van der Waals surface area contributed by atoms with Gasteiger partial charge in [0.05, 0.1) is 17.2 Å². The highest BCUT2D eigenvalue weighted by Gasteiger charge is 2.22. The maximum Gasteiger partial charge on any atom is 0.151 e. The van der Waals surface area contributed by atoms with Crippen LogP contribution in [0, 0.1) is 0 Å². The second kappa shape index (κ2) is 4.58. The van der Waals surface area contributed by atoms with Crippen molar-refractivity contribution in [1.29, 1.82) is 0 Å². The van der Waals surface area contributed by atoms with Crippen molar-refractivity contribution in [3.05, 3.63) is 17.1 Å². The molecule has 0 aliphatic carbocycles. The maximum absolute atomic E-state index is 11.6. The molecule has 0 aromatic carbocycles. The van der Waals surface area contributed by atoms with Crippen LogP contribution in [0.3, 0.4) is 0 Å². The van der Waals surface area contributed by atoms with Gasteiger partial charge in [0.2, 0.25) is 0 Å². The number of sulfone groups is 1. The normalized spacial score (nSPS) is 18.4. The van der Waals surface area contributed by atoms with Crippen molar-refractivity contribution >= 4 is 15.7 Å². The zero-order valence-corrected chi connectivity index (χ0v) is 10.3. The Hall–Kier alpha value is -1.21. The Morgan fingerprint density at radius 3 is 2.59 bits per heavy atom. The van der Waals surface area contributed by atoms with Crippen LogP contribution in [0.1, 0.15) is 17.1 Å². The zero-order valence-electron chi connectivity index (χ0n) is 9.52. The number of hydrogen-bond donors (Lipinski definition) is 2. The number of aryl methyl sites for hydroxylation is 1. The maximum atomic E-state index is 11.6. The van der Waals surface area contributed by atoms with E-state index in [0.717, 1.165) is 11.3 Å². The second-order valence-electron chi connectivity index (χ2n) is 4.14. The van der Waals surface area contributed by atoms with Gasteiger partial charge in [-0.25, -0.2) is 18.4 Å². The lowest BCUT2D eigenvalue weighted by atomic mass is 10.1. The average molecular weight is 256 g/mol. The van der Waals surface area contributed by atoms with Crippen molar-refractivity contribution in [1.82, 2.24) is 9.97 Å². The molecule has 94 valence electrons. The average Bonchev–Trinajstić information content (AvgIpc) is 2.39. The van der Waals surface area contributed by atoms with Crippen LogP contribution in [0.2, 0.25) is 0 Å². The number of aromatic nitrogens is 2. The van der Waals surface area contributed by atoms with Crippen LogP contribution in [0.5, 0.6) is 0 Å². The van der Waals surface area contributed by atoms with E-state index < -0.39 is 9.84 Å². The third-order valence-electron chi connectivity index (χ3n) is 2.85. The van der Waals surface area contributed by atoms with Crippen molar-refractivity contribution in [3.63, 3.8) is 0 Å². The lowest BCUT2D eigenvalue weighted by Crippen LogP contribution is -2.12. The van der Waals surface area contributed by atoms with Crippen molar-refractivity contribution in [2.24, 2.45) is 5.73 Å². The molecule has 0 fully saturated rings. The van der Waals surface area contributed by atoms with E-state index >= 15 is 0 Å². The number of rotatable bonds is 2. The fraction of sp³-hybridized carbons (Fsp3) is 0.600. The molecule has 1 aromatic heterocycles. The minimum Gasteiger partial charge on any atom is -0.383 e. The predicted octanol–water partition coefficient (Wildman–Crippen LogP) is -0.927. The molecule has 1 aliphatic rings. The van der Waals surface area contributed by atoms with E-state index in [-0.39, 0.29) is 11.5 Å². The van der Waals surface area contributed by atoms with Crippen LogP contribution >= 0.6 is 0 Å². The van der Waals surface area contributed by atoms with Gasteiger partial charge in [-0.3, -0.25) is 0 Å². The molecule has 2 rings (SSSR count). The van der Waals surface area contributed by atoms with Gasteiger partial charge in [-0.15, -0.1) is 0 Å². The molecule has 0 spiro atoms. The van der Waals surface area contributed by atoms with E-state index in [1.54, 1.807) is 0 Å². The van der Waals surface area contributed by atoms with Crippen molar-refractivity contribution in [2.75, 3.05) is 23.8 Å². The summed E-state index contributed by atoms with van der Waals surface area (Å²) < 4.78 is 23.1. The van der Waals surface area contributed by atoms with Crippen molar-refractivity contribution < 1.29 is 8.42 Å². The Labute approximate surface area is 100 Å². The summed E-state index contributed by atoms with van der Waals surface area (Å²) in [5.74, 6) is 1.26. The highest BCUT2D eigenvalue weighted by Crippen LogP contribution is 2.20. The predicted molar refractivity (Wildman–Crippen MR) is 65.3 cm³/mol. The Morgan fingerprint density at radius 1 is 1.18 bits per heavy atom. The van der Waals surface area contributed by atoms with Crippen LogP contribution < -0.4 is 11.5 Å². The molecule has 2 heterocycles. The number of anilines is 1. The van der Waals surface area contributed by atoms with E-state index in [0.29, 0.717) is 37.4 Å². The van der Waals surface area contributed by atoms with Crippen LogP contribution in [0.15, 0.2) is 0 Å². The summed E-state index contributed by atoms with van der Waals surface area (Å²) >= 11 is 0. The van der Waals surface area contributed by atoms with Gasteiger partial charge in [0.15, 0.2) is 9.84 Å². The molecule has 4 N–H and O–H groups in total. The molecule has 6 nitrogen and oxygen atoms in total. The molecule has 0 atom stereocenters. The van der Waals surface area contributed by atoms with E-state index in [1.165, 1.54) is 0 Å². The molecule has 17 heavy (non-hydrogen) atoms. The van der Waals surface area contributed by atoms with E-state index in [2.05, 4.69) is 9.97 Å². The summed E-state index contributed by atoms with van der Waals surface area (Å²) in [6.45, 7) is 0.455. The van der Waals surface area contributed by atoms with E-state index in [1.807, 2.05) is 0 Å². The fourth-order valence-corrected chi connectivity index (χ4v) is 3.16. The van der Waals surface area contributed by atoms with Gasteiger partial charge in [-0.05, 0) is 13.0 Å². The fourth-order valence-electron chi connectivity index (χ4n) is 1.93. The SMILES string of the molecule is NCCc1nc(N)c2c(n1)CCS(=O)(=O)CC2. The second-order valence-corrected chi connectivity index (χ2v) is 6.44. The summed E-state index contributed by atoms with van der Waals surface area (Å²) in [5, 5.41) is 0. The lowest BCUT2D eigenvalue weighted by molar-refractivity contribution is 0.596. The van der Waals surface area contributed by atoms with Crippen LogP contribution in [0.25, 0.3) is 0 Å². The Morgan fingerprint density at radius 2 is 1.88 bits per heavy atom. The minimum absolute atomic E-state index is 0.129. The molecule has 1 aromatic rings. The highest BCUT2D eigenvalue weighted by atomic mass is 32.2. The molecular weight excluding hydrogens is 240 g/mol. The standard InChI is InChI=1S/C10H16N4O2S/c11-4-1-9-13-8-3-6-17(15,16)5-2-7(8)10(12)14-9/h1-6,11H2,(H2,12,13,14).